The number of methoxy groups -OCH3 is 5. The van der Waals surface area contributed by atoms with Gasteiger partial charge >= 0.3 is 0 Å². The number of rotatable bonds is 12. The maximum atomic E-state index is 14.8. The van der Waals surface area contributed by atoms with Crippen LogP contribution in [0.25, 0.3) is 24.3 Å². The molecule has 2 saturated heterocycles. The van der Waals surface area contributed by atoms with Gasteiger partial charge in [0.25, 0.3) is 0 Å². The third kappa shape index (κ3) is 7.48. The van der Waals surface area contributed by atoms with Crippen molar-refractivity contribution in [3.05, 3.63) is 143 Å². The van der Waals surface area contributed by atoms with Crippen molar-refractivity contribution in [2.24, 2.45) is 29.6 Å². The van der Waals surface area contributed by atoms with Gasteiger partial charge in [0.1, 0.15) is 34.5 Å². The molecule has 0 radical (unpaired) electrons. The summed E-state index contributed by atoms with van der Waals surface area (Å²) in [6.45, 7) is 0. The van der Waals surface area contributed by atoms with E-state index in [1.54, 1.807) is 64.8 Å². The lowest BCUT2D eigenvalue weighted by atomic mass is 9.57. The monoisotopic (exact) mass is 872 g/mol. The van der Waals surface area contributed by atoms with Crippen LogP contribution >= 0.6 is 0 Å². The summed E-state index contributed by atoms with van der Waals surface area (Å²) in [5.74, 6) is -3.03. The average molecular weight is 873 g/mol. The first-order chi connectivity index (χ1) is 31.6. The third-order valence-electron chi connectivity index (χ3n) is 13.3. The van der Waals surface area contributed by atoms with Gasteiger partial charge in [0.15, 0.2) is 0 Å². The Hall–Kier alpha value is -7.60. The predicted octanol–water partition coefficient (Wildman–Crippen LogP) is 8.82. The topological polar surface area (TPSA) is 141 Å². The number of aromatic hydroxyl groups is 1. The minimum atomic E-state index is -0.898. The Balaban J connectivity index is 1.02. The van der Waals surface area contributed by atoms with Crippen molar-refractivity contribution in [1.29, 1.82) is 0 Å². The van der Waals surface area contributed by atoms with E-state index in [0.29, 0.717) is 45.7 Å². The minimum absolute atomic E-state index is 0.0892. The first kappa shape index (κ1) is 42.7. The highest BCUT2D eigenvalue weighted by Crippen LogP contribution is 2.60. The number of imide groups is 2. The molecule has 3 fully saturated rings. The van der Waals surface area contributed by atoms with Gasteiger partial charge in [-0.3, -0.25) is 29.0 Å². The van der Waals surface area contributed by atoms with Crippen LogP contribution in [0.15, 0.2) is 115 Å². The largest absolute Gasteiger partial charge is 0.508 e. The molecule has 0 unspecified atom stereocenters. The molecule has 6 atom stereocenters. The smallest absolute Gasteiger partial charge is 0.238 e. The number of ether oxygens (including phenoxy) is 5. The lowest BCUT2D eigenvalue weighted by molar-refractivity contribution is -0.126. The normalized spacial score (nSPS) is 22.5. The number of anilines is 2. The number of benzene rings is 5. The first-order valence-electron chi connectivity index (χ1n) is 21.4. The van der Waals surface area contributed by atoms with Gasteiger partial charge in [-0.05, 0) is 103 Å². The molecule has 2 aliphatic carbocycles. The number of phenols is 1. The first-order valence-corrected chi connectivity index (χ1v) is 21.4. The van der Waals surface area contributed by atoms with Gasteiger partial charge < -0.3 is 28.8 Å². The molecule has 12 heteroatoms. The molecular formula is C53H48N2O10. The van der Waals surface area contributed by atoms with Gasteiger partial charge in [-0.25, -0.2) is 0 Å². The molecule has 2 heterocycles. The molecule has 1 N–H and O–H groups in total. The Labute approximate surface area is 376 Å². The zero-order valence-corrected chi connectivity index (χ0v) is 36.6. The molecule has 1 saturated carbocycles. The average Bonchev–Trinajstić information content (AvgIpc) is 3.75. The lowest BCUT2D eigenvalue weighted by Gasteiger charge is -2.44. The number of fused-ring (bicyclic) bond motifs is 4. The molecule has 65 heavy (non-hydrogen) atoms. The van der Waals surface area contributed by atoms with E-state index in [9.17, 15) is 24.3 Å². The van der Waals surface area contributed by atoms with Crippen molar-refractivity contribution in [3.63, 3.8) is 0 Å². The highest BCUT2D eigenvalue weighted by atomic mass is 16.5. The summed E-state index contributed by atoms with van der Waals surface area (Å²) < 4.78 is 27.6. The van der Waals surface area contributed by atoms with Gasteiger partial charge in [0, 0.05) is 22.6 Å². The van der Waals surface area contributed by atoms with Crippen LogP contribution < -0.4 is 33.5 Å². The number of carbonyl (C=O) groups is 4. The molecule has 2 aliphatic heterocycles. The summed E-state index contributed by atoms with van der Waals surface area (Å²) in [6, 6.07) is 30.3. The summed E-state index contributed by atoms with van der Waals surface area (Å²) in [6.07, 6.45) is 10.0. The molecule has 0 bridgehead atoms. The zero-order valence-electron chi connectivity index (χ0n) is 36.6. The van der Waals surface area contributed by atoms with Crippen molar-refractivity contribution >= 4 is 59.3 Å². The molecule has 0 spiro atoms. The van der Waals surface area contributed by atoms with E-state index in [2.05, 4.69) is 0 Å². The Morgan fingerprint density at radius 3 is 1.54 bits per heavy atom. The number of allylic oxidation sites excluding steroid dienone is 2. The van der Waals surface area contributed by atoms with Crippen molar-refractivity contribution in [1.82, 2.24) is 0 Å². The molecule has 9 rings (SSSR count). The molecular weight excluding hydrogens is 825 g/mol. The standard InChI is InChI=1S/C53H48N2O10/c1-61-36-21-25-43(63-3)32(27-36)15-9-30-11-17-34(18-12-30)54-50(57)39-24-23-38-40(46(39)52(54)59)29-41-48(47(38)49-42(56)7-6-8-45(49)65-5)53(60)55(51(41)58)35-19-13-31(14-20-35)10-16-33-28-37(62-2)22-26-44(33)64-4/h6-23,25-28,39-41,46-48,56H,24,29H2,1-5H3/t39-,40+,41+,46-,47-,48+/m0/s1. The highest BCUT2D eigenvalue weighted by Gasteiger charge is 2.63. The Bertz CT molecular complexity index is 2790. The van der Waals surface area contributed by atoms with Crippen molar-refractivity contribution in [3.8, 4) is 34.5 Å². The van der Waals surface area contributed by atoms with E-state index in [-0.39, 0.29) is 30.4 Å². The lowest BCUT2D eigenvalue weighted by Crippen LogP contribution is -2.43. The Morgan fingerprint density at radius 1 is 0.523 bits per heavy atom. The minimum Gasteiger partial charge on any atom is -0.508 e. The number of carbonyl (C=O) groups excluding carboxylic acids is 4. The van der Waals surface area contributed by atoms with Crippen LogP contribution in [0.1, 0.15) is 46.6 Å². The van der Waals surface area contributed by atoms with Gasteiger partial charge in [0.05, 0.1) is 70.6 Å². The fraction of sp³-hybridized carbons (Fsp3) is 0.245. The molecule has 4 amide bonds. The van der Waals surface area contributed by atoms with E-state index < -0.39 is 47.3 Å². The SMILES string of the molecule is COc1ccc(OC)c(C=Cc2ccc(N3C(=O)[C@H]4[C@H](CC=C5[C@H]4C[C@H]4C(=O)N(c6ccc(C=Cc7cc(OC)ccc7OC)cc6)C(=O)[C@H]4[C@H]5c4c(O)cccc4OC)C3=O)cc2)c1. The maximum absolute atomic E-state index is 14.8. The van der Waals surface area contributed by atoms with Crippen LogP contribution in [-0.2, 0) is 19.2 Å². The summed E-state index contributed by atoms with van der Waals surface area (Å²) in [5.41, 5.74) is 5.27. The molecule has 12 nitrogen and oxygen atoms in total. The van der Waals surface area contributed by atoms with E-state index in [1.165, 1.54) is 23.0 Å². The summed E-state index contributed by atoms with van der Waals surface area (Å²) in [5, 5.41) is 11.5. The number of phenolic OH excluding ortho intramolecular Hbond substituents is 1. The molecule has 330 valence electrons. The second-order valence-electron chi connectivity index (χ2n) is 16.5. The third-order valence-corrected chi connectivity index (χ3v) is 13.3. The van der Waals surface area contributed by atoms with Crippen LogP contribution in [0.4, 0.5) is 11.4 Å². The molecule has 5 aromatic carbocycles. The zero-order chi connectivity index (χ0) is 45.5. The Kier molecular flexibility index (Phi) is 11.5. The summed E-state index contributed by atoms with van der Waals surface area (Å²) >= 11 is 0. The van der Waals surface area contributed by atoms with Crippen molar-refractivity contribution in [2.45, 2.75) is 18.8 Å². The van der Waals surface area contributed by atoms with Crippen LogP contribution in [0.3, 0.4) is 0 Å². The van der Waals surface area contributed by atoms with Crippen LogP contribution in [0.5, 0.6) is 34.5 Å². The quantitative estimate of drug-likeness (QED) is 0.0735. The van der Waals surface area contributed by atoms with Gasteiger partial charge in [-0.15, -0.1) is 0 Å². The highest BCUT2D eigenvalue weighted by molar-refractivity contribution is 6.24. The second-order valence-corrected chi connectivity index (χ2v) is 16.5. The van der Waals surface area contributed by atoms with E-state index in [4.69, 9.17) is 23.7 Å². The van der Waals surface area contributed by atoms with Crippen LogP contribution in [0.2, 0.25) is 0 Å². The van der Waals surface area contributed by atoms with Gasteiger partial charge in [-0.1, -0.05) is 66.3 Å². The number of hydrogen-bond acceptors (Lipinski definition) is 10. The molecule has 4 aliphatic rings. The van der Waals surface area contributed by atoms with Crippen LogP contribution in [0, 0.1) is 29.6 Å². The Morgan fingerprint density at radius 2 is 1.03 bits per heavy atom. The maximum Gasteiger partial charge on any atom is 0.238 e. The molecule has 5 aromatic rings. The second kappa shape index (κ2) is 17.5. The van der Waals surface area contributed by atoms with Crippen molar-refractivity contribution in [2.75, 3.05) is 45.3 Å². The fourth-order valence-electron chi connectivity index (χ4n) is 10.2. The summed E-state index contributed by atoms with van der Waals surface area (Å²) in [4.78, 5) is 61.0. The number of nitrogens with zero attached hydrogens (tertiary/aromatic N) is 2. The van der Waals surface area contributed by atoms with E-state index in [0.717, 1.165) is 27.8 Å². The van der Waals surface area contributed by atoms with Crippen LogP contribution in [-0.4, -0.2) is 64.3 Å². The van der Waals surface area contributed by atoms with Gasteiger partial charge in [0.2, 0.25) is 23.6 Å². The van der Waals surface area contributed by atoms with E-state index in [1.807, 2.05) is 91.0 Å². The summed E-state index contributed by atoms with van der Waals surface area (Å²) in [7, 11) is 7.89. The number of hydrogen-bond donors (Lipinski definition) is 1. The predicted molar refractivity (Wildman–Crippen MR) is 247 cm³/mol. The number of amides is 4. The van der Waals surface area contributed by atoms with Crippen molar-refractivity contribution < 1.29 is 48.0 Å². The van der Waals surface area contributed by atoms with E-state index >= 15 is 0 Å². The molecule has 0 aromatic heterocycles. The fourth-order valence-corrected chi connectivity index (χ4v) is 10.2. The van der Waals surface area contributed by atoms with Gasteiger partial charge in [-0.2, -0.15) is 0 Å².